The minimum Gasteiger partial charge on any atom is -0.327 e. The Morgan fingerprint density at radius 1 is 1.32 bits per heavy atom. The van der Waals surface area contributed by atoms with Crippen LogP contribution in [-0.2, 0) is 4.79 Å². The molecule has 0 radical (unpaired) electrons. The van der Waals surface area contributed by atoms with Crippen LogP contribution in [0.4, 0.5) is 5.69 Å². The third-order valence-corrected chi connectivity index (χ3v) is 4.36. The minimum atomic E-state index is -0.0547. The lowest BCUT2D eigenvalue weighted by Gasteiger charge is -2.21. The SMILES string of the molecule is Cc1ccc(Br)cc1NC(=O)C1CCCCCC1N. The van der Waals surface area contributed by atoms with Crippen LogP contribution in [0.15, 0.2) is 22.7 Å². The molecule has 0 aromatic heterocycles. The lowest BCUT2D eigenvalue weighted by molar-refractivity contribution is -0.120. The monoisotopic (exact) mass is 324 g/mol. The first-order chi connectivity index (χ1) is 9.08. The van der Waals surface area contributed by atoms with E-state index in [2.05, 4.69) is 21.2 Å². The first-order valence-corrected chi connectivity index (χ1v) is 7.70. The van der Waals surface area contributed by atoms with Gasteiger partial charge in [-0.2, -0.15) is 0 Å². The number of hydrogen-bond donors (Lipinski definition) is 2. The summed E-state index contributed by atoms with van der Waals surface area (Å²) in [7, 11) is 0. The first kappa shape index (κ1) is 14.5. The molecule has 1 aliphatic carbocycles. The van der Waals surface area contributed by atoms with Crippen LogP contribution in [0.5, 0.6) is 0 Å². The van der Waals surface area contributed by atoms with E-state index < -0.39 is 0 Å². The van der Waals surface area contributed by atoms with Gasteiger partial charge >= 0.3 is 0 Å². The van der Waals surface area contributed by atoms with Crippen LogP contribution in [0.25, 0.3) is 0 Å². The Balaban J connectivity index is 2.09. The minimum absolute atomic E-state index is 0.00467. The Kier molecular flexibility index (Phi) is 4.99. The number of nitrogens with two attached hydrogens (primary N) is 1. The number of anilines is 1. The van der Waals surface area contributed by atoms with Crippen LogP contribution in [0, 0.1) is 12.8 Å². The van der Waals surface area contributed by atoms with Gasteiger partial charge in [-0.05, 0) is 37.5 Å². The number of aryl methyl sites for hydroxylation is 1. The van der Waals surface area contributed by atoms with Crippen molar-refractivity contribution in [2.24, 2.45) is 11.7 Å². The van der Waals surface area contributed by atoms with Gasteiger partial charge in [-0.15, -0.1) is 0 Å². The van der Waals surface area contributed by atoms with Crippen molar-refractivity contribution in [2.45, 2.75) is 45.1 Å². The average molecular weight is 325 g/mol. The molecule has 1 amide bonds. The van der Waals surface area contributed by atoms with Crippen molar-refractivity contribution in [2.75, 3.05) is 5.32 Å². The van der Waals surface area contributed by atoms with E-state index in [4.69, 9.17) is 5.73 Å². The second-order valence-electron chi connectivity index (χ2n) is 5.36. The van der Waals surface area contributed by atoms with Gasteiger partial charge in [0.05, 0.1) is 5.92 Å². The Hall–Kier alpha value is -0.870. The highest BCUT2D eigenvalue weighted by atomic mass is 79.9. The van der Waals surface area contributed by atoms with Crippen molar-refractivity contribution in [3.05, 3.63) is 28.2 Å². The zero-order valence-corrected chi connectivity index (χ0v) is 12.9. The van der Waals surface area contributed by atoms with Crippen LogP contribution in [0.2, 0.25) is 0 Å². The summed E-state index contributed by atoms with van der Waals surface area (Å²) in [6.07, 6.45) is 5.28. The molecule has 1 fully saturated rings. The number of nitrogens with one attached hydrogen (secondary N) is 1. The van der Waals surface area contributed by atoms with Crippen molar-refractivity contribution in [3.63, 3.8) is 0 Å². The lowest BCUT2D eigenvalue weighted by Crippen LogP contribution is -2.37. The summed E-state index contributed by atoms with van der Waals surface area (Å²) in [6, 6.07) is 5.90. The Bertz CT molecular complexity index is 461. The molecule has 3 nitrogen and oxygen atoms in total. The third-order valence-electron chi connectivity index (χ3n) is 3.86. The van der Waals surface area contributed by atoms with E-state index in [1.807, 2.05) is 25.1 Å². The molecule has 0 bridgehead atoms. The first-order valence-electron chi connectivity index (χ1n) is 6.90. The Morgan fingerprint density at radius 2 is 2.05 bits per heavy atom. The number of rotatable bonds is 2. The van der Waals surface area contributed by atoms with E-state index in [0.717, 1.165) is 41.4 Å². The number of benzene rings is 1. The molecule has 2 rings (SSSR count). The van der Waals surface area contributed by atoms with Crippen molar-refractivity contribution in [3.8, 4) is 0 Å². The maximum atomic E-state index is 12.4. The lowest BCUT2D eigenvalue weighted by atomic mass is 9.94. The molecule has 1 aliphatic rings. The van der Waals surface area contributed by atoms with Crippen LogP contribution >= 0.6 is 15.9 Å². The van der Waals surface area contributed by atoms with E-state index in [1.54, 1.807) is 0 Å². The summed E-state index contributed by atoms with van der Waals surface area (Å²) in [5.74, 6) is 0.0106. The molecule has 1 aromatic rings. The fourth-order valence-corrected chi connectivity index (χ4v) is 2.98. The second kappa shape index (κ2) is 6.53. The van der Waals surface area contributed by atoms with Crippen molar-refractivity contribution >= 4 is 27.5 Å². The van der Waals surface area contributed by atoms with E-state index >= 15 is 0 Å². The zero-order chi connectivity index (χ0) is 13.8. The van der Waals surface area contributed by atoms with Gasteiger partial charge < -0.3 is 11.1 Å². The highest BCUT2D eigenvalue weighted by Gasteiger charge is 2.27. The van der Waals surface area contributed by atoms with Gasteiger partial charge in [0.25, 0.3) is 0 Å². The average Bonchev–Trinajstić information content (AvgIpc) is 2.58. The van der Waals surface area contributed by atoms with Gasteiger partial charge in [-0.1, -0.05) is 41.3 Å². The van der Waals surface area contributed by atoms with E-state index in [-0.39, 0.29) is 17.9 Å². The van der Waals surface area contributed by atoms with Crippen molar-refractivity contribution in [1.82, 2.24) is 0 Å². The molecule has 104 valence electrons. The van der Waals surface area contributed by atoms with Crippen molar-refractivity contribution in [1.29, 1.82) is 0 Å². The van der Waals surface area contributed by atoms with Crippen LogP contribution < -0.4 is 11.1 Å². The Morgan fingerprint density at radius 3 is 2.84 bits per heavy atom. The molecule has 19 heavy (non-hydrogen) atoms. The fourth-order valence-electron chi connectivity index (χ4n) is 2.62. The van der Waals surface area contributed by atoms with Crippen LogP contribution in [0.1, 0.15) is 37.7 Å². The molecule has 1 aromatic carbocycles. The third kappa shape index (κ3) is 3.80. The molecule has 0 heterocycles. The molecule has 2 unspecified atom stereocenters. The smallest absolute Gasteiger partial charge is 0.229 e. The quantitative estimate of drug-likeness (QED) is 0.816. The molecule has 3 N–H and O–H groups in total. The van der Waals surface area contributed by atoms with Gasteiger partial charge in [-0.3, -0.25) is 4.79 Å². The maximum absolute atomic E-state index is 12.4. The molecule has 4 heteroatoms. The normalized spacial score (nSPS) is 23.7. The molecule has 2 atom stereocenters. The number of carbonyl (C=O) groups is 1. The second-order valence-corrected chi connectivity index (χ2v) is 6.27. The highest BCUT2D eigenvalue weighted by molar-refractivity contribution is 9.10. The molecular formula is C15H21BrN2O. The van der Waals surface area contributed by atoms with E-state index in [9.17, 15) is 4.79 Å². The van der Waals surface area contributed by atoms with Crippen LogP contribution in [-0.4, -0.2) is 11.9 Å². The number of carbonyl (C=O) groups excluding carboxylic acids is 1. The van der Waals surface area contributed by atoms with Gasteiger partial charge in [0.15, 0.2) is 0 Å². The summed E-state index contributed by atoms with van der Waals surface area (Å²) >= 11 is 3.43. The number of halogens is 1. The predicted molar refractivity (Wildman–Crippen MR) is 82.1 cm³/mol. The molecule has 0 aliphatic heterocycles. The topological polar surface area (TPSA) is 55.1 Å². The fraction of sp³-hybridized carbons (Fsp3) is 0.533. The summed E-state index contributed by atoms with van der Waals surface area (Å²) in [5.41, 5.74) is 8.07. The summed E-state index contributed by atoms with van der Waals surface area (Å²) < 4.78 is 0.971. The van der Waals surface area contributed by atoms with E-state index in [0.29, 0.717) is 0 Å². The van der Waals surface area contributed by atoms with Crippen molar-refractivity contribution < 1.29 is 4.79 Å². The standard InChI is InChI=1S/C15H21BrN2O/c1-10-7-8-11(16)9-14(10)18-15(19)12-5-3-2-4-6-13(12)17/h7-9,12-13H,2-6,17H2,1H3,(H,18,19). The largest absolute Gasteiger partial charge is 0.327 e. The summed E-state index contributed by atoms with van der Waals surface area (Å²) in [4.78, 5) is 12.4. The van der Waals surface area contributed by atoms with Gasteiger partial charge in [0, 0.05) is 16.2 Å². The van der Waals surface area contributed by atoms with Gasteiger partial charge in [0.1, 0.15) is 0 Å². The predicted octanol–water partition coefficient (Wildman–Crippen LogP) is 3.60. The molecular weight excluding hydrogens is 304 g/mol. The summed E-state index contributed by atoms with van der Waals surface area (Å²) in [6.45, 7) is 2.00. The summed E-state index contributed by atoms with van der Waals surface area (Å²) in [5, 5.41) is 3.03. The maximum Gasteiger partial charge on any atom is 0.229 e. The highest BCUT2D eigenvalue weighted by Crippen LogP contribution is 2.25. The molecule has 0 saturated heterocycles. The van der Waals surface area contributed by atoms with Crippen LogP contribution in [0.3, 0.4) is 0 Å². The van der Waals surface area contributed by atoms with Gasteiger partial charge in [-0.25, -0.2) is 0 Å². The number of hydrogen-bond acceptors (Lipinski definition) is 2. The molecule has 1 saturated carbocycles. The van der Waals surface area contributed by atoms with E-state index in [1.165, 1.54) is 6.42 Å². The van der Waals surface area contributed by atoms with Gasteiger partial charge in [0.2, 0.25) is 5.91 Å². The number of amides is 1. The Labute approximate surface area is 123 Å². The zero-order valence-electron chi connectivity index (χ0n) is 11.3. The molecule has 0 spiro atoms.